The van der Waals surface area contributed by atoms with E-state index in [9.17, 15) is 16.8 Å². The lowest BCUT2D eigenvalue weighted by molar-refractivity contribution is 0.359. The van der Waals surface area contributed by atoms with Gasteiger partial charge in [0.2, 0.25) is 5.82 Å². The van der Waals surface area contributed by atoms with Gasteiger partial charge in [-0.1, -0.05) is 47.5 Å². The van der Waals surface area contributed by atoms with Crippen LogP contribution in [-0.2, 0) is 20.2 Å². The van der Waals surface area contributed by atoms with Crippen LogP contribution in [-0.4, -0.2) is 43.9 Å². The number of hydrogen-bond acceptors (Lipinski definition) is 12. The standard InChI is InChI=1S/C29H24N4O8S2/c1-19-9-13-21(14-10-19)42(34,35)40-28-25(39-24-8-5-4-7-23(24)38-3)29(33-27(32-28)26-30-17-6-18-31-26)41-43(36,37)22-15-11-20(2)12-16-22/h4-18H,1-3H3. The molecule has 0 radical (unpaired) electrons. The highest BCUT2D eigenvalue weighted by Gasteiger charge is 2.31. The topological polar surface area (TPSA) is 157 Å². The number of para-hydroxylation sites is 2. The summed E-state index contributed by atoms with van der Waals surface area (Å²) in [6, 6.07) is 19.7. The van der Waals surface area contributed by atoms with Crippen molar-refractivity contribution in [1.82, 2.24) is 19.9 Å². The number of benzene rings is 3. The lowest BCUT2D eigenvalue weighted by Crippen LogP contribution is -2.15. The van der Waals surface area contributed by atoms with Gasteiger partial charge in [0.25, 0.3) is 17.5 Å². The Kier molecular flexibility index (Phi) is 8.23. The highest BCUT2D eigenvalue weighted by molar-refractivity contribution is 7.87. The maximum atomic E-state index is 13.4. The Morgan fingerprint density at radius 3 is 1.51 bits per heavy atom. The van der Waals surface area contributed by atoms with Crippen molar-refractivity contribution in [1.29, 1.82) is 0 Å². The number of nitrogens with zero attached hydrogens (tertiary/aromatic N) is 4. The van der Waals surface area contributed by atoms with Gasteiger partial charge in [0.15, 0.2) is 17.3 Å². The van der Waals surface area contributed by atoms with Crippen LogP contribution >= 0.6 is 0 Å². The van der Waals surface area contributed by atoms with E-state index in [4.69, 9.17) is 17.8 Å². The molecule has 0 amide bonds. The summed E-state index contributed by atoms with van der Waals surface area (Å²) in [5, 5.41) is 0. The number of methoxy groups -OCH3 is 1. The molecule has 0 saturated carbocycles. The summed E-state index contributed by atoms with van der Waals surface area (Å²) < 4.78 is 75.8. The van der Waals surface area contributed by atoms with E-state index in [1.54, 1.807) is 62.4 Å². The van der Waals surface area contributed by atoms with Crippen LogP contribution in [0.2, 0.25) is 0 Å². The molecular weight excluding hydrogens is 596 g/mol. The van der Waals surface area contributed by atoms with Gasteiger partial charge >= 0.3 is 20.2 Å². The molecular formula is C29H24N4O8S2. The van der Waals surface area contributed by atoms with Crippen molar-refractivity contribution in [3.05, 3.63) is 102 Å². The second-order valence-corrected chi connectivity index (χ2v) is 12.1. The van der Waals surface area contributed by atoms with E-state index >= 15 is 0 Å². The average molecular weight is 621 g/mol. The van der Waals surface area contributed by atoms with Gasteiger partial charge in [0.1, 0.15) is 9.79 Å². The quantitative estimate of drug-likeness (QED) is 0.195. The summed E-state index contributed by atoms with van der Waals surface area (Å²) in [5.41, 5.74) is 1.64. The fourth-order valence-electron chi connectivity index (χ4n) is 3.65. The van der Waals surface area contributed by atoms with Crippen LogP contribution in [0.3, 0.4) is 0 Å². The minimum absolute atomic E-state index is 0.0625. The Morgan fingerprint density at radius 2 is 1.05 bits per heavy atom. The van der Waals surface area contributed by atoms with Gasteiger partial charge in [-0.3, -0.25) is 0 Å². The van der Waals surface area contributed by atoms with Crippen LogP contribution in [0.5, 0.6) is 29.0 Å². The van der Waals surface area contributed by atoms with Crippen molar-refractivity contribution in [2.24, 2.45) is 0 Å². The van der Waals surface area contributed by atoms with E-state index in [0.717, 1.165) is 11.1 Å². The molecule has 220 valence electrons. The molecule has 0 N–H and O–H groups in total. The third-order valence-electron chi connectivity index (χ3n) is 5.85. The molecule has 0 atom stereocenters. The first-order chi connectivity index (χ1) is 20.6. The Bertz CT molecular complexity index is 1870. The molecule has 14 heteroatoms. The van der Waals surface area contributed by atoms with Gasteiger partial charge in [-0.05, 0) is 56.3 Å². The lowest BCUT2D eigenvalue weighted by Gasteiger charge is -2.17. The largest absolute Gasteiger partial charge is 0.493 e. The number of rotatable bonds is 10. The zero-order valence-electron chi connectivity index (χ0n) is 23.0. The molecule has 5 aromatic rings. The Balaban J connectivity index is 1.72. The summed E-state index contributed by atoms with van der Waals surface area (Å²) in [5.74, 6) is -1.99. The molecule has 12 nitrogen and oxygen atoms in total. The molecule has 0 unspecified atom stereocenters. The van der Waals surface area contributed by atoms with Gasteiger partial charge in [-0.2, -0.15) is 26.8 Å². The van der Waals surface area contributed by atoms with Crippen LogP contribution < -0.4 is 17.8 Å². The summed E-state index contributed by atoms with van der Waals surface area (Å²) in [6.07, 6.45) is 2.80. The first-order valence-electron chi connectivity index (χ1n) is 12.6. The molecule has 0 bridgehead atoms. The molecule has 0 aliphatic rings. The molecule has 5 rings (SSSR count). The zero-order chi connectivity index (χ0) is 30.6. The SMILES string of the molecule is COc1ccccc1Oc1c(OS(=O)(=O)c2ccc(C)cc2)nc(-c2ncccn2)nc1OS(=O)(=O)c1ccc(C)cc1. The van der Waals surface area contributed by atoms with Crippen LogP contribution in [0, 0.1) is 13.8 Å². The summed E-state index contributed by atoms with van der Waals surface area (Å²) in [6.45, 7) is 3.59. The number of ether oxygens (including phenoxy) is 2. The van der Waals surface area contributed by atoms with Gasteiger partial charge in [0.05, 0.1) is 7.11 Å². The fraction of sp³-hybridized carbons (Fsp3) is 0.103. The minimum Gasteiger partial charge on any atom is -0.493 e. The van der Waals surface area contributed by atoms with Crippen molar-refractivity contribution in [2.75, 3.05) is 7.11 Å². The maximum absolute atomic E-state index is 13.4. The normalized spacial score (nSPS) is 11.5. The first kappa shape index (κ1) is 29.4. The van der Waals surface area contributed by atoms with Crippen molar-refractivity contribution < 1.29 is 34.7 Å². The predicted octanol–water partition coefficient (Wildman–Crippen LogP) is 4.89. The van der Waals surface area contributed by atoms with Crippen molar-refractivity contribution in [3.63, 3.8) is 0 Å². The second-order valence-electron chi connectivity index (χ2n) is 9.01. The van der Waals surface area contributed by atoms with Crippen LogP contribution in [0.25, 0.3) is 11.6 Å². The molecule has 43 heavy (non-hydrogen) atoms. The van der Waals surface area contributed by atoms with E-state index in [1.807, 2.05) is 0 Å². The third-order valence-corrected chi connectivity index (χ3v) is 8.30. The fourth-order valence-corrected chi connectivity index (χ4v) is 5.43. The lowest BCUT2D eigenvalue weighted by atomic mass is 10.2. The Labute approximate surface area is 248 Å². The number of aromatic nitrogens is 4. The van der Waals surface area contributed by atoms with E-state index < -0.39 is 37.7 Å². The van der Waals surface area contributed by atoms with E-state index in [-0.39, 0.29) is 32.9 Å². The van der Waals surface area contributed by atoms with Crippen molar-refractivity contribution in [2.45, 2.75) is 23.6 Å². The van der Waals surface area contributed by atoms with Gasteiger partial charge < -0.3 is 17.8 Å². The molecule has 3 aromatic carbocycles. The molecule has 0 aliphatic heterocycles. The summed E-state index contributed by atoms with van der Waals surface area (Å²) in [4.78, 5) is 16.3. The minimum atomic E-state index is -4.52. The van der Waals surface area contributed by atoms with Crippen LogP contribution in [0.15, 0.2) is 101 Å². The zero-order valence-corrected chi connectivity index (χ0v) is 24.7. The molecule has 0 saturated heterocycles. The summed E-state index contributed by atoms with van der Waals surface area (Å²) >= 11 is 0. The Hall–Kier alpha value is -5.08. The first-order valence-corrected chi connectivity index (χ1v) is 15.4. The Morgan fingerprint density at radius 1 is 0.581 bits per heavy atom. The maximum Gasteiger partial charge on any atom is 0.340 e. The second kappa shape index (κ2) is 12.0. The monoisotopic (exact) mass is 620 g/mol. The van der Waals surface area contributed by atoms with E-state index in [2.05, 4.69) is 19.9 Å². The van der Waals surface area contributed by atoms with Gasteiger partial charge in [-0.15, -0.1) is 0 Å². The van der Waals surface area contributed by atoms with Crippen molar-refractivity contribution >= 4 is 20.2 Å². The predicted molar refractivity (Wildman–Crippen MR) is 154 cm³/mol. The van der Waals surface area contributed by atoms with E-state index in [0.29, 0.717) is 0 Å². The van der Waals surface area contributed by atoms with Gasteiger partial charge in [0, 0.05) is 12.4 Å². The molecule has 0 fully saturated rings. The summed E-state index contributed by atoms with van der Waals surface area (Å²) in [7, 11) is -7.65. The van der Waals surface area contributed by atoms with Crippen LogP contribution in [0.1, 0.15) is 11.1 Å². The molecule has 2 aromatic heterocycles. The number of aryl methyl sites for hydroxylation is 2. The van der Waals surface area contributed by atoms with E-state index in [1.165, 1.54) is 49.8 Å². The average Bonchev–Trinajstić information content (AvgIpc) is 2.99. The molecule has 2 heterocycles. The van der Waals surface area contributed by atoms with Gasteiger partial charge in [-0.25, -0.2) is 9.97 Å². The van der Waals surface area contributed by atoms with Crippen LogP contribution in [0.4, 0.5) is 0 Å². The highest BCUT2D eigenvalue weighted by Crippen LogP contribution is 2.43. The number of hydrogen-bond donors (Lipinski definition) is 0. The smallest absolute Gasteiger partial charge is 0.340 e. The molecule has 0 aliphatic carbocycles. The molecule has 0 spiro atoms. The van der Waals surface area contributed by atoms with Crippen molar-refractivity contribution in [3.8, 4) is 40.7 Å². The highest BCUT2D eigenvalue weighted by atomic mass is 32.2. The third kappa shape index (κ3) is 6.71.